The van der Waals surface area contributed by atoms with Crippen molar-refractivity contribution in [2.45, 2.75) is 64.4 Å². The van der Waals surface area contributed by atoms with Gasteiger partial charge in [-0.3, -0.25) is 4.79 Å². The molecule has 0 aromatic heterocycles. The summed E-state index contributed by atoms with van der Waals surface area (Å²) in [5.74, 6) is -0.145. The van der Waals surface area contributed by atoms with Gasteiger partial charge in [0.2, 0.25) is 0 Å². The van der Waals surface area contributed by atoms with Crippen molar-refractivity contribution >= 4 is 5.97 Å². The lowest BCUT2D eigenvalue weighted by molar-refractivity contribution is -0.151. The van der Waals surface area contributed by atoms with E-state index >= 15 is 0 Å². The Morgan fingerprint density at radius 2 is 1.82 bits per heavy atom. The molecule has 1 N–H and O–H groups in total. The Bertz CT molecular complexity index is 470. The van der Waals surface area contributed by atoms with E-state index in [1.807, 2.05) is 19.1 Å². The summed E-state index contributed by atoms with van der Waals surface area (Å²) >= 11 is 0. The maximum absolute atomic E-state index is 11.9. The van der Waals surface area contributed by atoms with Crippen molar-refractivity contribution in [3.8, 4) is 0 Å². The summed E-state index contributed by atoms with van der Waals surface area (Å²) in [4.78, 5) is 11.9. The maximum atomic E-state index is 11.9. The van der Waals surface area contributed by atoms with E-state index in [4.69, 9.17) is 4.74 Å². The third kappa shape index (κ3) is 4.10. The zero-order valence-corrected chi connectivity index (χ0v) is 13.8. The van der Waals surface area contributed by atoms with E-state index in [0.29, 0.717) is 32.3 Å². The van der Waals surface area contributed by atoms with Crippen LogP contribution in [0, 0.1) is 5.92 Å². The van der Waals surface area contributed by atoms with Crippen LogP contribution in [0.15, 0.2) is 24.3 Å². The maximum Gasteiger partial charge on any atom is 0.308 e. The normalized spacial score (nSPS) is 25.0. The Morgan fingerprint density at radius 1 is 1.18 bits per heavy atom. The molecule has 0 aliphatic heterocycles. The third-order valence-electron chi connectivity index (χ3n) is 4.62. The Balaban J connectivity index is 1.94. The number of rotatable bonds is 6. The highest BCUT2D eigenvalue weighted by molar-refractivity contribution is 5.72. The molecule has 1 aromatic rings. The van der Waals surface area contributed by atoms with E-state index in [1.165, 1.54) is 5.56 Å². The van der Waals surface area contributed by atoms with Crippen LogP contribution >= 0.6 is 0 Å². The fourth-order valence-corrected chi connectivity index (χ4v) is 3.21. The minimum atomic E-state index is -0.785. The van der Waals surface area contributed by atoms with Gasteiger partial charge in [-0.1, -0.05) is 44.5 Å². The van der Waals surface area contributed by atoms with Crippen molar-refractivity contribution in [2.24, 2.45) is 5.92 Å². The third-order valence-corrected chi connectivity index (χ3v) is 4.62. The van der Waals surface area contributed by atoms with Crippen LogP contribution in [-0.2, 0) is 21.6 Å². The van der Waals surface area contributed by atoms with Crippen molar-refractivity contribution in [1.82, 2.24) is 0 Å². The van der Waals surface area contributed by atoms with Crippen LogP contribution in [0.4, 0.5) is 0 Å². The van der Waals surface area contributed by atoms with Gasteiger partial charge in [0, 0.05) is 0 Å². The van der Waals surface area contributed by atoms with E-state index in [-0.39, 0.29) is 11.9 Å². The summed E-state index contributed by atoms with van der Waals surface area (Å²) in [6.45, 7) is 4.66. The number of carbonyl (C=O) groups is 1. The molecule has 0 unspecified atom stereocenters. The van der Waals surface area contributed by atoms with Gasteiger partial charge >= 0.3 is 5.97 Å². The topological polar surface area (TPSA) is 46.5 Å². The molecule has 22 heavy (non-hydrogen) atoms. The first-order valence-corrected chi connectivity index (χ1v) is 8.57. The summed E-state index contributed by atoms with van der Waals surface area (Å²) in [7, 11) is 0. The average molecular weight is 304 g/mol. The number of hydrogen-bond acceptors (Lipinski definition) is 3. The Kier molecular flexibility index (Phi) is 6.01. The summed E-state index contributed by atoms with van der Waals surface area (Å²) in [6, 6.07) is 8.30. The van der Waals surface area contributed by atoms with E-state index in [9.17, 15) is 9.90 Å². The van der Waals surface area contributed by atoms with Gasteiger partial charge in [0.15, 0.2) is 0 Å². The first-order chi connectivity index (χ1) is 10.6. The minimum Gasteiger partial charge on any atom is -0.465 e. The molecule has 1 fully saturated rings. The number of ether oxygens (including phenoxy) is 1. The van der Waals surface area contributed by atoms with E-state index < -0.39 is 5.60 Å². The Labute approximate surface area is 133 Å². The van der Waals surface area contributed by atoms with Gasteiger partial charge in [-0.25, -0.2) is 0 Å². The van der Waals surface area contributed by atoms with Gasteiger partial charge in [-0.2, -0.15) is 0 Å². The van der Waals surface area contributed by atoms with Crippen LogP contribution in [0.2, 0.25) is 0 Å². The standard InChI is InChI=1S/C19H28O3/c1-3-5-15-6-8-17(9-7-15)19(21)12-10-16(11-13-19)18(20)22-14-4-2/h6-9,16,21H,3-5,10-14H2,1-2H3. The van der Waals surface area contributed by atoms with Gasteiger partial charge in [0.25, 0.3) is 0 Å². The number of carbonyl (C=O) groups excluding carboxylic acids is 1. The molecule has 0 radical (unpaired) electrons. The molecule has 0 bridgehead atoms. The van der Waals surface area contributed by atoms with E-state index in [0.717, 1.165) is 24.8 Å². The summed E-state index contributed by atoms with van der Waals surface area (Å²) in [5.41, 5.74) is 1.51. The SMILES string of the molecule is CCCOC(=O)C1CCC(O)(c2ccc(CCC)cc2)CC1. The van der Waals surface area contributed by atoms with Crippen LogP contribution in [0.1, 0.15) is 63.5 Å². The molecule has 0 atom stereocenters. The molecular weight excluding hydrogens is 276 g/mol. The molecule has 3 heteroatoms. The molecule has 1 saturated carbocycles. The molecule has 3 nitrogen and oxygen atoms in total. The molecule has 0 heterocycles. The number of aryl methyl sites for hydroxylation is 1. The number of benzene rings is 1. The number of hydrogen-bond donors (Lipinski definition) is 1. The highest BCUT2D eigenvalue weighted by Gasteiger charge is 2.37. The molecular formula is C19H28O3. The van der Waals surface area contributed by atoms with Crippen LogP contribution < -0.4 is 0 Å². The van der Waals surface area contributed by atoms with Gasteiger partial charge in [0.1, 0.15) is 0 Å². The van der Waals surface area contributed by atoms with Gasteiger partial charge in [0.05, 0.1) is 18.1 Å². The number of aliphatic hydroxyl groups is 1. The van der Waals surface area contributed by atoms with Crippen LogP contribution in [-0.4, -0.2) is 17.7 Å². The lowest BCUT2D eigenvalue weighted by Gasteiger charge is -2.35. The lowest BCUT2D eigenvalue weighted by atomic mass is 9.75. The minimum absolute atomic E-state index is 0.0498. The van der Waals surface area contributed by atoms with Gasteiger partial charge in [-0.15, -0.1) is 0 Å². The second-order valence-corrected chi connectivity index (χ2v) is 6.42. The smallest absolute Gasteiger partial charge is 0.308 e. The molecule has 1 aliphatic carbocycles. The highest BCUT2D eigenvalue weighted by Crippen LogP contribution is 2.40. The van der Waals surface area contributed by atoms with Gasteiger partial charge in [-0.05, 0) is 49.7 Å². The van der Waals surface area contributed by atoms with Crippen molar-refractivity contribution < 1.29 is 14.6 Å². The number of esters is 1. The second kappa shape index (κ2) is 7.77. The first kappa shape index (κ1) is 17.0. The summed E-state index contributed by atoms with van der Waals surface area (Å²) in [5, 5.41) is 10.9. The fourth-order valence-electron chi connectivity index (χ4n) is 3.21. The Morgan fingerprint density at radius 3 is 2.36 bits per heavy atom. The monoisotopic (exact) mass is 304 g/mol. The molecule has 0 saturated heterocycles. The molecule has 0 spiro atoms. The van der Waals surface area contributed by atoms with Crippen molar-refractivity contribution in [1.29, 1.82) is 0 Å². The predicted octanol–water partition coefficient (Wildman–Crippen LogP) is 3.97. The molecule has 0 amide bonds. The summed E-state index contributed by atoms with van der Waals surface area (Å²) in [6.07, 6.45) is 5.73. The van der Waals surface area contributed by atoms with Crippen LogP contribution in [0.3, 0.4) is 0 Å². The zero-order valence-electron chi connectivity index (χ0n) is 13.8. The largest absolute Gasteiger partial charge is 0.465 e. The molecule has 2 rings (SSSR count). The lowest BCUT2D eigenvalue weighted by Crippen LogP contribution is -2.34. The van der Waals surface area contributed by atoms with Crippen LogP contribution in [0.5, 0.6) is 0 Å². The van der Waals surface area contributed by atoms with Crippen molar-refractivity contribution in [2.75, 3.05) is 6.61 Å². The van der Waals surface area contributed by atoms with Crippen molar-refractivity contribution in [3.05, 3.63) is 35.4 Å². The van der Waals surface area contributed by atoms with E-state index in [2.05, 4.69) is 19.1 Å². The van der Waals surface area contributed by atoms with E-state index in [1.54, 1.807) is 0 Å². The summed E-state index contributed by atoms with van der Waals surface area (Å²) < 4.78 is 5.23. The second-order valence-electron chi connectivity index (χ2n) is 6.42. The molecule has 1 aliphatic rings. The van der Waals surface area contributed by atoms with Crippen LogP contribution in [0.25, 0.3) is 0 Å². The molecule has 122 valence electrons. The predicted molar refractivity (Wildman–Crippen MR) is 87.5 cm³/mol. The van der Waals surface area contributed by atoms with Crippen molar-refractivity contribution in [3.63, 3.8) is 0 Å². The quantitative estimate of drug-likeness (QED) is 0.809. The Hall–Kier alpha value is -1.35. The highest BCUT2D eigenvalue weighted by atomic mass is 16.5. The first-order valence-electron chi connectivity index (χ1n) is 8.57. The fraction of sp³-hybridized carbons (Fsp3) is 0.632. The molecule has 1 aromatic carbocycles. The van der Waals surface area contributed by atoms with Gasteiger partial charge < -0.3 is 9.84 Å². The average Bonchev–Trinajstić information content (AvgIpc) is 2.54. The zero-order chi connectivity index (χ0) is 16.0.